The van der Waals surface area contributed by atoms with Crippen LogP contribution in [0.5, 0.6) is 5.75 Å². The van der Waals surface area contributed by atoms with Gasteiger partial charge in [-0.15, -0.1) is 0 Å². The Labute approximate surface area is 128 Å². The highest BCUT2D eigenvalue weighted by molar-refractivity contribution is 7.92. The highest BCUT2D eigenvalue weighted by Crippen LogP contribution is 2.31. The Morgan fingerprint density at radius 3 is 2.59 bits per heavy atom. The Balaban J connectivity index is 2.22. The summed E-state index contributed by atoms with van der Waals surface area (Å²) >= 11 is 0. The van der Waals surface area contributed by atoms with Gasteiger partial charge in [0.2, 0.25) is 10.0 Å². The van der Waals surface area contributed by atoms with Crippen LogP contribution < -0.4 is 13.7 Å². The van der Waals surface area contributed by atoms with Crippen LogP contribution in [0.15, 0.2) is 18.2 Å². The molecule has 122 valence electrons. The summed E-state index contributed by atoms with van der Waals surface area (Å²) in [5, 5.41) is 9.93. The molecule has 9 nitrogen and oxygen atoms in total. The fourth-order valence-corrected chi connectivity index (χ4v) is 3.60. The zero-order chi connectivity index (χ0) is 16.5. The maximum atomic E-state index is 11.7. The SMILES string of the molecule is CCS(=O)(=O)NCc1ccc(N2CC(=O)NS2(=O)=O)c(O)c1. The van der Waals surface area contributed by atoms with Gasteiger partial charge in [-0.1, -0.05) is 6.07 Å². The lowest BCUT2D eigenvalue weighted by Crippen LogP contribution is -2.29. The first kappa shape index (κ1) is 16.5. The minimum absolute atomic E-state index is 0.0338. The third-order valence-electron chi connectivity index (χ3n) is 3.00. The average molecular weight is 349 g/mol. The molecule has 0 bridgehead atoms. The molecule has 1 aliphatic heterocycles. The monoisotopic (exact) mass is 349 g/mol. The predicted molar refractivity (Wildman–Crippen MR) is 78.8 cm³/mol. The average Bonchev–Trinajstić information content (AvgIpc) is 2.69. The summed E-state index contributed by atoms with van der Waals surface area (Å²) in [7, 11) is -7.38. The van der Waals surface area contributed by atoms with Gasteiger partial charge in [0.05, 0.1) is 11.4 Å². The number of carbonyl (C=O) groups excluding carboxylic acids is 1. The van der Waals surface area contributed by atoms with Crippen LogP contribution in [0.3, 0.4) is 0 Å². The topological polar surface area (TPSA) is 133 Å². The molecule has 1 amide bonds. The molecule has 3 N–H and O–H groups in total. The largest absolute Gasteiger partial charge is 0.506 e. The maximum absolute atomic E-state index is 11.7. The highest BCUT2D eigenvalue weighted by atomic mass is 32.2. The van der Waals surface area contributed by atoms with Gasteiger partial charge in [-0.05, 0) is 24.6 Å². The molecule has 0 unspecified atom stereocenters. The van der Waals surface area contributed by atoms with Gasteiger partial charge in [0.15, 0.2) is 0 Å². The Bertz CT molecular complexity index is 803. The number of phenolic OH excluding ortho intramolecular Hbond substituents is 1. The van der Waals surface area contributed by atoms with Crippen molar-refractivity contribution in [2.45, 2.75) is 13.5 Å². The minimum atomic E-state index is -4.00. The van der Waals surface area contributed by atoms with E-state index in [1.807, 2.05) is 0 Å². The third-order valence-corrected chi connectivity index (χ3v) is 5.74. The van der Waals surface area contributed by atoms with E-state index >= 15 is 0 Å². The van der Waals surface area contributed by atoms with Crippen LogP contribution in [0.1, 0.15) is 12.5 Å². The number of sulfonamides is 1. The number of benzene rings is 1. The van der Waals surface area contributed by atoms with Gasteiger partial charge >= 0.3 is 10.2 Å². The number of carbonyl (C=O) groups is 1. The van der Waals surface area contributed by atoms with Crippen molar-refractivity contribution in [3.8, 4) is 5.75 Å². The van der Waals surface area contributed by atoms with Crippen molar-refractivity contribution in [1.82, 2.24) is 9.44 Å². The molecule has 0 aromatic heterocycles. The van der Waals surface area contributed by atoms with Crippen LogP contribution in [0, 0.1) is 0 Å². The second-order valence-corrected chi connectivity index (χ2v) is 8.28. The Morgan fingerprint density at radius 2 is 2.09 bits per heavy atom. The molecule has 1 aliphatic rings. The number of aromatic hydroxyl groups is 1. The second-order valence-electron chi connectivity index (χ2n) is 4.58. The van der Waals surface area contributed by atoms with E-state index in [0.29, 0.717) is 5.56 Å². The zero-order valence-electron chi connectivity index (χ0n) is 11.6. The lowest BCUT2D eigenvalue weighted by Gasteiger charge is -2.16. The molecule has 0 spiro atoms. The lowest BCUT2D eigenvalue weighted by molar-refractivity contribution is -0.117. The summed E-state index contributed by atoms with van der Waals surface area (Å²) < 4.78 is 51.0. The Kier molecular flexibility index (Phi) is 4.31. The van der Waals surface area contributed by atoms with Gasteiger partial charge in [-0.3, -0.25) is 4.79 Å². The van der Waals surface area contributed by atoms with Gasteiger partial charge in [-0.25, -0.2) is 22.2 Å². The van der Waals surface area contributed by atoms with E-state index in [4.69, 9.17) is 0 Å². The first-order valence-corrected chi connectivity index (χ1v) is 9.36. The number of rotatable bonds is 5. The van der Waals surface area contributed by atoms with E-state index in [0.717, 1.165) is 4.31 Å². The summed E-state index contributed by atoms with van der Waals surface area (Å²) in [6.07, 6.45) is 0. The molecule has 1 heterocycles. The number of nitrogens with zero attached hydrogens (tertiary/aromatic N) is 1. The zero-order valence-corrected chi connectivity index (χ0v) is 13.2. The molecule has 1 aromatic carbocycles. The molecule has 1 saturated heterocycles. The molecule has 22 heavy (non-hydrogen) atoms. The number of amides is 1. The van der Waals surface area contributed by atoms with Gasteiger partial charge in [0.25, 0.3) is 5.91 Å². The summed E-state index contributed by atoms with van der Waals surface area (Å²) in [6.45, 7) is 1.04. The number of nitrogens with one attached hydrogen (secondary N) is 2. The van der Waals surface area contributed by atoms with E-state index in [1.54, 1.807) is 4.72 Å². The minimum Gasteiger partial charge on any atom is -0.506 e. The first-order valence-electron chi connectivity index (χ1n) is 6.27. The van der Waals surface area contributed by atoms with Crippen molar-refractivity contribution in [2.24, 2.45) is 0 Å². The molecule has 0 aliphatic carbocycles. The van der Waals surface area contributed by atoms with Crippen LogP contribution in [-0.2, 0) is 31.6 Å². The van der Waals surface area contributed by atoms with Crippen LogP contribution >= 0.6 is 0 Å². The summed E-state index contributed by atoms with van der Waals surface area (Å²) in [5.41, 5.74) is 0.398. The molecular weight excluding hydrogens is 334 g/mol. The lowest BCUT2D eigenvalue weighted by atomic mass is 10.2. The van der Waals surface area contributed by atoms with E-state index in [-0.39, 0.29) is 23.7 Å². The molecule has 0 saturated carbocycles. The maximum Gasteiger partial charge on any atom is 0.326 e. The Hall–Kier alpha value is -1.85. The fraction of sp³-hybridized carbons (Fsp3) is 0.364. The van der Waals surface area contributed by atoms with Crippen LogP contribution in [-0.4, -0.2) is 40.1 Å². The van der Waals surface area contributed by atoms with Gasteiger partial charge in [-0.2, -0.15) is 8.42 Å². The van der Waals surface area contributed by atoms with Gasteiger partial charge < -0.3 is 5.11 Å². The second kappa shape index (κ2) is 5.74. The number of hydrogen-bond donors (Lipinski definition) is 3. The molecule has 0 radical (unpaired) electrons. The number of hydrogen-bond acceptors (Lipinski definition) is 6. The highest BCUT2D eigenvalue weighted by Gasteiger charge is 2.35. The van der Waals surface area contributed by atoms with Crippen molar-refractivity contribution in [3.63, 3.8) is 0 Å². The van der Waals surface area contributed by atoms with Crippen molar-refractivity contribution in [2.75, 3.05) is 16.6 Å². The van der Waals surface area contributed by atoms with Gasteiger partial charge in [0, 0.05) is 6.54 Å². The number of anilines is 1. The summed E-state index contributed by atoms with van der Waals surface area (Å²) in [5.74, 6) is -1.14. The van der Waals surface area contributed by atoms with Crippen molar-refractivity contribution in [3.05, 3.63) is 23.8 Å². The smallest absolute Gasteiger partial charge is 0.326 e. The standard InChI is InChI=1S/C11H15N3O6S2/c1-2-21(17,18)12-6-8-3-4-9(10(15)5-8)14-7-11(16)13-22(14,19)20/h3-5,12,15H,2,6-7H2,1H3,(H,13,16). The van der Waals surface area contributed by atoms with Crippen LogP contribution in [0.2, 0.25) is 0 Å². The number of phenols is 1. The fourth-order valence-electron chi connectivity index (χ4n) is 1.85. The molecule has 0 atom stereocenters. The van der Waals surface area contributed by atoms with E-state index < -0.39 is 32.7 Å². The quantitative estimate of drug-likeness (QED) is 0.625. The van der Waals surface area contributed by atoms with Crippen LogP contribution in [0.4, 0.5) is 5.69 Å². The van der Waals surface area contributed by atoms with Gasteiger partial charge in [0.1, 0.15) is 12.3 Å². The van der Waals surface area contributed by atoms with E-state index in [1.165, 1.54) is 25.1 Å². The van der Waals surface area contributed by atoms with E-state index in [2.05, 4.69) is 4.72 Å². The third kappa shape index (κ3) is 3.48. The molecule has 1 aromatic rings. The van der Waals surface area contributed by atoms with Crippen LogP contribution in [0.25, 0.3) is 0 Å². The first-order chi connectivity index (χ1) is 10.1. The molecule has 2 rings (SSSR count). The molecular formula is C11H15N3O6S2. The molecule has 1 fully saturated rings. The molecule has 11 heteroatoms. The normalized spacial score (nSPS) is 17.5. The summed E-state index contributed by atoms with van der Waals surface area (Å²) in [6, 6.07) is 4.01. The van der Waals surface area contributed by atoms with Crippen molar-refractivity contribution >= 4 is 31.8 Å². The van der Waals surface area contributed by atoms with E-state index in [9.17, 15) is 26.7 Å². The summed E-state index contributed by atoms with van der Waals surface area (Å²) in [4.78, 5) is 11.2. The Morgan fingerprint density at radius 1 is 1.41 bits per heavy atom. The van der Waals surface area contributed by atoms with Crippen molar-refractivity contribution < 1.29 is 26.7 Å². The predicted octanol–water partition coefficient (Wildman–Crippen LogP) is -0.987. The van der Waals surface area contributed by atoms with Crippen molar-refractivity contribution in [1.29, 1.82) is 0 Å².